The van der Waals surface area contributed by atoms with Crippen LogP contribution in [0.1, 0.15) is 134 Å². The molecule has 3 heterocycles. The van der Waals surface area contributed by atoms with Gasteiger partial charge in [0.05, 0.1) is 31.9 Å². The topological polar surface area (TPSA) is 341 Å². The number of hydrogen-bond donors (Lipinski definition) is 9. The molecule has 63 heavy (non-hydrogen) atoms. The number of carbonyl (C=O) groups excluding carboxylic acids is 2. The Bertz CT molecular complexity index is 1360. The average molecular weight is 952 g/mol. The molecule has 0 saturated carbocycles. The van der Waals surface area contributed by atoms with Gasteiger partial charge in [-0.3, -0.25) is 18.5 Å². The zero-order valence-electron chi connectivity index (χ0n) is 40.6. The van der Waals surface area contributed by atoms with Crippen LogP contribution in [0.4, 0.5) is 5.82 Å². The predicted molar refractivity (Wildman–Crippen MR) is 227 cm³/mol. The summed E-state index contributed by atoms with van der Waals surface area (Å²) in [6, 6.07) is -0.460. The summed E-state index contributed by atoms with van der Waals surface area (Å²) in [6.07, 6.45) is -7.33. The molecule has 11 atom stereocenters. The number of carboxylic acids is 1. The van der Waals surface area contributed by atoms with Crippen molar-refractivity contribution in [1.29, 1.82) is 0 Å². The molecule has 24 heteroatoms. The van der Waals surface area contributed by atoms with Crippen molar-refractivity contribution >= 4 is 25.5 Å². The number of aliphatic hydroxyl groups excluding tert-OH is 6. The van der Waals surface area contributed by atoms with Gasteiger partial charge < -0.3 is 75.8 Å². The van der Waals surface area contributed by atoms with Gasteiger partial charge in [0.2, 0.25) is 11.7 Å². The van der Waals surface area contributed by atoms with Crippen LogP contribution in [0.3, 0.4) is 0 Å². The Morgan fingerprint density at radius 3 is 1.84 bits per heavy atom. The minimum atomic E-state index is -5.83. The molecule has 0 spiro atoms. The Hall–Kier alpha value is -0.630. The van der Waals surface area contributed by atoms with Crippen LogP contribution in [0.25, 0.3) is 0 Å². The van der Waals surface area contributed by atoms with E-state index in [0.717, 1.165) is 10.8 Å². The molecular weight excluding hydrogens is 871 g/mol. The van der Waals surface area contributed by atoms with Crippen LogP contribution < -0.4 is 91.2 Å². The molecule has 2 aliphatic rings. The standard InChI is InChI=1S/C21H34N5O16P.3C4H10.3C2H6.2Na/c1-23-5-12(30)25-13-8(28)4-21(19(34)35,41-17(13)14(31)9(29)6-27)42-43(37,38)39-7-10-15(32)16(33)18(40-10)26-3-2-11(22)24-20(26)36;3*1-3-4-2;3*1-2;;/h2-3,8-10,13-18,23,27-29,31-33H,4-7H2,1H3,(H,25,30)(H,34,35)(H,37,38)(H2,22,24,36);3*3-4H2,1-2H3;3*1-2H3;;/q;;;;;;;2*+1/p-2/t8?,9-,10?,13?,14-,15?,16?,17?,18?,21?;;;;;;;;/m1......../s1. The molecule has 364 valence electrons. The number of phosphoric ester groups is 1. The van der Waals surface area contributed by atoms with Gasteiger partial charge in [0.25, 0.3) is 7.82 Å². The second kappa shape index (κ2) is 42.7. The van der Waals surface area contributed by atoms with Crippen molar-refractivity contribution in [2.45, 2.75) is 189 Å². The van der Waals surface area contributed by atoms with E-state index in [1.807, 2.05) is 41.5 Å². The summed E-state index contributed by atoms with van der Waals surface area (Å²) >= 11 is 0. The van der Waals surface area contributed by atoms with Gasteiger partial charge in [-0.1, -0.05) is 122 Å². The molecule has 3 rings (SSSR count). The number of nitrogens with zero attached hydrogens (tertiary/aromatic N) is 2. The second-order valence-corrected chi connectivity index (χ2v) is 14.0. The van der Waals surface area contributed by atoms with E-state index >= 15 is 0 Å². The number of ether oxygens (including phenoxy) is 2. The Morgan fingerprint density at radius 2 is 1.44 bits per heavy atom. The van der Waals surface area contributed by atoms with E-state index in [0.29, 0.717) is 0 Å². The Labute approximate surface area is 419 Å². The molecule has 2 saturated heterocycles. The fourth-order valence-electron chi connectivity index (χ4n) is 4.46. The van der Waals surface area contributed by atoms with Crippen LogP contribution in [-0.4, -0.2) is 133 Å². The first-order valence-electron chi connectivity index (χ1n) is 21.3. The van der Waals surface area contributed by atoms with E-state index in [-0.39, 0.29) is 71.5 Å². The number of aliphatic carboxylic acids is 1. The van der Waals surface area contributed by atoms with Crippen LogP contribution in [0, 0.1) is 0 Å². The van der Waals surface area contributed by atoms with Gasteiger partial charge in [0.1, 0.15) is 48.4 Å². The number of nitrogens with one attached hydrogen (secondary N) is 2. The molecule has 9 unspecified atom stereocenters. The summed E-state index contributed by atoms with van der Waals surface area (Å²) in [6.45, 7) is 22.6. The van der Waals surface area contributed by atoms with Gasteiger partial charge in [0, 0.05) is 12.6 Å². The number of hydrogen-bond acceptors (Lipinski definition) is 19. The van der Waals surface area contributed by atoms with Crippen molar-refractivity contribution in [2.24, 2.45) is 0 Å². The van der Waals surface area contributed by atoms with E-state index in [1.165, 1.54) is 51.6 Å². The van der Waals surface area contributed by atoms with Gasteiger partial charge in [0.15, 0.2) is 6.23 Å². The molecule has 10 N–H and O–H groups in total. The third-order valence-corrected chi connectivity index (χ3v) is 9.07. The molecule has 2 aliphatic heterocycles. The van der Waals surface area contributed by atoms with Crippen molar-refractivity contribution in [1.82, 2.24) is 20.2 Å². The van der Waals surface area contributed by atoms with Crippen molar-refractivity contribution in [3.05, 3.63) is 22.7 Å². The number of carboxylic acid groups (broad SMARTS) is 1. The first kappa shape index (κ1) is 73.9. The summed E-state index contributed by atoms with van der Waals surface area (Å²) in [5, 5.41) is 77.8. The van der Waals surface area contributed by atoms with Gasteiger partial charge in [-0.15, -0.1) is 0 Å². The van der Waals surface area contributed by atoms with Crippen molar-refractivity contribution in [3.8, 4) is 0 Å². The minimum absolute atomic E-state index is 0. The first-order valence-corrected chi connectivity index (χ1v) is 22.8. The largest absolute Gasteiger partial charge is 1.00 e. The normalized spacial score (nSPS) is 24.8. The molecule has 0 aliphatic carbocycles. The first-order chi connectivity index (χ1) is 28.8. The Morgan fingerprint density at radius 1 is 0.968 bits per heavy atom. The maximum atomic E-state index is 12.7. The number of carbonyl (C=O) groups is 2. The third-order valence-electron chi connectivity index (χ3n) is 8.09. The zero-order valence-corrected chi connectivity index (χ0v) is 45.5. The molecule has 21 nitrogen and oxygen atoms in total. The molecule has 0 aromatic carbocycles. The summed E-state index contributed by atoms with van der Waals surface area (Å²) in [4.78, 5) is 52.5. The number of aliphatic hydroxyl groups is 6. The summed E-state index contributed by atoms with van der Waals surface area (Å²) < 4.78 is 33.3. The zero-order chi connectivity index (χ0) is 48.5. The van der Waals surface area contributed by atoms with E-state index in [4.69, 9.17) is 15.2 Å². The molecular formula is C39H80N5Na2O16P. The smallest absolute Gasteiger partial charge is 0.756 e. The van der Waals surface area contributed by atoms with Crippen LogP contribution >= 0.6 is 7.82 Å². The summed E-state index contributed by atoms with van der Waals surface area (Å²) in [5.41, 5.74) is 4.44. The van der Waals surface area contributed by atoms with Crippen molar-refractivity contribution in [3.63, 3.8) is 0 Å². The Kier molecular flexibility index (Phi) is 50.1. The van der Waals surface area contributed by atoms with Gasteiger partial charge >= 0.3 is 64.8 Å². The van der Waals surface area contributed by atoms with Crippen LogP contribution in [0.5, 0.6) is 0 Å². The SMILES string of the molecule is CC.CC.CC.CCCC.CCCC.CCCC.CNCC(=O)NC1C(O)CC(OP(=O)([O-])OCC2OC(n3ccc(N)nc3=O)C(O)C2O)(C(=O)[O-])OC1[C@H](O)[C@H](O)CO.[Na+].[Na+]. The van der Waals surface area contributed by atoms with Gasteiger partial charge in [-0.25, -0.2) is 4.79 Å². The van der Waals surface area contributed by atoms with E-state index in [9.17, 15) is 59.6 Å². The Balaban J connectivity index is -0.000000349. The summed E-state index contributed by atoms with van der Waals surface area (Å²) in [7, 11) is -4.42. The molecule has 2 fully saturated rings. The molecule has 0 bridgehead atoms. The molecule has 0 radical (unpaired) electrons. The number of nitrogen functional groups attached to an aromatic ring is 1. The average Bonchev–Trinajstić information content (AvgIpc) is 3.54. The predicted octanol–water partition coefficient (Wildman–Crippen LogP) is -5.53. The van der Waals surface area contributed by atoms with Crippen LogP contribution in [-0.2, 0) is 32.7 Å². The van der Waals surface area contributed by atoms with E-state index < -0.39 is 106 Å². The van der Waals surface area contributed by atoms with Crippen LogP contribution in [0.15, 0.2) is 17.1 Å². The number of unbranched alkanes of at least 4 members (excludes halogenated alkanes) is 3. The maximum absolute atomic E-state index is 12.7. The third kappa shape index (κ3) is 27.7. The summed E-state index contributed by atoms with van der Waals surface area (Å²) in [5.74, 6) is -6.72. The number of amides is 1. The fraction of sp³-hybridized carbons (Fsp3) is 0.846. The van der Waals surface area contributed by atoms with Crippen molar-refractivity contribution in [2.75, 3.05) is 32.5 Å². The van der Waals surface area contributed by atoms with Crippen molar-refractivity contribution < 1.29 is 132 Å². The number of phosphoric acid groups is 1. The number of anilines is 1. The minimum Gasteiger partial charge on any atom is -0.756 e. The van der Waals surface area contributed by atoms with E-state index in [2.05, 4.69) is 66.2 Å². The quantitative estimate of drug-likeness (QED) is 0.0551. The molecule has 1 amide bonds. The number of nitrogens with two attached hydrogens (primary N) is 1. The van der Waals surface area contributed by atoms with Gasteiger partial charge in [-0.05, 0) is 13.1 Å². The number of rotatable bonds is 16. The van der Waals surface area contributed by atoms with Gasteiger partial charge in [-0.2, -0.15) is 4.98 Å². The number of aromatic nitrogens is 2. The second-order valence-electron chi connectivity index (χ2n) is 12.7. The van der Waals surface area contributed by atoms with Crippen LogP contribution in [0.2, 0.25) is 0 Å². The fourth-order valence-corrected chi connectivity index (χ4v) is 5.40. The van der Waals surface area contributed by atoms with E-state index in [1.54, 1.807) is 0 Å². The number of likely N-dealkylation sites (N-methyl/N-ethyl adjacent to an activating group) is 1. The monoisotopic (exact) mass is 952 g/mol. The maximum Gasteiger partial charge on any atom is 1.00 e. The molecule has 1 aromatic rings. The molecule has 1 aromatic heterocycles.